The minimum absolute atomic E-state index is 0.284. The molecule has 106 valence electrons. The summed E-state index contributed by atoms with van der Waals surface area (Å²) < 4.78 is 5.84. The molecule has 1 heterocycles. The van der Waals surface area contributed by atoms with Crippen molar-refractivity contribution in [1.82, 2.24) is 9.97 Å². The van der Waals surface area contributed by atoms with Crippen molar-refractivity contribution in [1.29, 1.82) is 0 Å². The molecule has 0 spiro atoms. The first-order valence-corrected chi connectivity index (χ1v) is 6.72. The number of rotatable bonds is 3. The maximum atomic E-state index is 6.20. The Hall–Kier alpha value is -2.37. The molecule has 2 aromatic carbocycles. The molecule has 3 N–H and O–H groups in total. The lowest BCUT2D eigenvalue weighted by Gasteiger charge is -2.11. The van der Waals surface area contributed by atoms with Crippen LogP contribution in [0.4, 0.5) is 5.95 Å². The Morgan fingerprint density at radius 1 is 1.14 bits per heavy atom. The number of halogens is 1. The van der Waals surface area contributed by atoms with Gasteiger partial charge in [-0.2, -0.15) is 4.98 Å². The molecule has 5 nitrogen and oxygen atoms in total. The van der Waals surface area contributed by atoms with E-state index in [0.29, 0.717) is 16.7 Å². The number of aryl methyl sites for hydroxylation is 1. The maximum absolute atomic E-state index is 6.20. The van der Waals surface area contributed by atoms with Gasteiger partial charge in [-0.15, -0.1) is 0 Å². The summed E-state index contributed by atoms with van der Waals surface area (Å²) in [6.45, 7) is 1.96. The predicted molar refractivity (Wildman–Crippen MR) is 83.6 cm³/mol. The highest BCUT2D eigenvalue weighted by Gasteiger charge is 2.11. The summed E-state index contributed by atoms with van der Waals surface area (Å²) in [6.07, 6.45) is 0. The van der Waals surface area contributed by atoms with Gasteiger partial charge in [0.1, 0.15) is 5.75 Å². The van der Waals surface area contributed by atoms with Gasteiger partial charge < -0.3 is 4.74 Å². The molecule has 0 atom stereocenters. The van der Waals surface area contributed by atoms with Crippen LogP contribution in [-0.4, -0.2) is 9.97 Å². The smallest absolute Gasteiger partial charge is 0.241 e. The SMILES string of the molecule is Cc1ccc(Oc2nc(NN)nc3ccccc23)c(Cl)c1. The number of ether oxygens (including phenoxy) is 1. The normalized spacial score (nSPS) is 10.6. The Bertz CT molecular complexity index is 807. The number of nitrogens with zero attached hydrogens (tertiary/aromatic N) is 2. The van der Waals surface area contributed by atoms with Gasteiger partial charge in [-0.25, -0.2) is 10.8 Å². The molecule has 3 aromatic rings. The second-order valence-corrected chi connectivity index (χ2v) is 4.96. The van der Waals surface area contributed by atoms with Crippen molar-refractivity contribution in [3.05, 3.63) is 53.1 Å². The number of hydrogen-bond donors (Lipinski definition) is 2. The quantitative estimate of drug-likeness (QED) is 0.570. The molecular weight excluding hydrogens is 288 g/mol. The van der Waals surface area contributed by atoms with Crippen molar-refractivity contribution in [3.63, 3.8) is 0 Å². The van der Waals surface area contributed by atoms with Crippen LogP contribution in [0.25, 0.3) is 10.9 Å². The molecular formula is C15H13ClN4O. The highest BCUT2D eigenvalue weighted by Crippen LogP contribution is 2.33. The minimum Gasteiger partial charge on any atom is -0.437 e. The van der Waals surface area contributed by atoms with Crippen LogP contribution in [0.5, 0.6) is 11.6 Å². The highest BCUT2D eigenvalue weighted by atomic mass is 35.5. The van der Waals surface area contributed by atoms with E-state index in [1.165, 1.54) is 0 Å². The summed E-state index contributed by atoms with van der Waals surface area (Å²) in [4.78, 5) is 8.52. The molecule has 0 bridgehead atoms. The second-order valence-electron chi connectivity index (χ2n) is 4.55. The molecule has 0 saturated heterocycles. The van der Waals surface area contributed by atoms with Gasteiger partial charge in [-0.1, -0.05) is 29.8 Å². The van der Waals surface area contributed by atoms with Crippen LogP contribution in [0.3, 0.4) is 0 Å². The van der Waals surface area contributed by atoms with Crippen molar-refractivity contribution in [3.8, 4) is 11.6 Å². The first-order valence-electron chi connectivity index (χ1n) is 6.35. The zero-order valence-corrected chi connectivity index (χ0v) is 12.1. The number of aromatic nitrogens is 2. The molecule has 1 aromatic heterocycles. The van der Waals surface area contributed by atoms with Crippen molar-refractivity contribution in [2.24, 2.45) is 5.84 Å². The van der Waals surface area contributed by atoms with Gasteiger partial charge in [0.15, 0.2) is 0 Å². The Morgan fingerprint density at radius 3 is 2.71 bits per heavy atom. The lowest BCUT2D eigenvalue weighted by Crippen LogP contribution is -2.11. The molecule has 0 aliphatic carbocycles. The van der Waals surface area contributed by atoms with E-state index in [0.717, 1.165) is 16.5 Å². The lowest BCUT2D eigenvalue weighted by molar-refractivity contribution is 0.469. The van der Waals surface area contributed by atoms with Gasteiger partial charge in [0.05, 0.1) is 15.9 Å². The van der Waals surface area contributed by atoms with E-state index >= 15 is 0 Å². The fourth-order valence-electron chi connectivity index (χ4n) is 1.98. The summed E-state index contributed by atoms with van der Waals surface area (Å²) in [6, 6.07) is 13.1. The topological polar surface area (TPSA) is 73.1 Å². The Kier molecular flexibility index (Phi) is 3.60. The van der Waals surface area contributed by atoms with Crippen LogP contribution in [-0.2, 0) is 0 Å². The molecule has 3 rings (SSSR count). The summed E-state index contributed by atoms with van der Waals surface area (Å²) in [5.74, 6) is 6.62. The number of nitrogen functional groups attached to an aromatic ring is 1. The van der Waals surface area contributed by atoms with Gasteiger partial charge in [-0.3, -0.25) is 5.43 Å². The van der Waals surface area contributed by atoms with Crippen LogP contribution in [0, 0.1) is 6.92 Å². The van der Waals surface area contributed by atoms with E-state index in [9.17, 15) is 0 Å². The number of hydrazine groups is 1. The first kappa shape index (κ1) is 13.6. The van der Waals surface area contributed by atoms with E-state index in [2.05, 4.69) is 15.4 Å². The zero-order valence-electron chi connectivity index (χ0n) is 11.3. The summed E-state index contributed by atoms with van der Waals surface area (Å²) in [5.41, 5.74) is 4.23. The lowest BCUT2D eigenvalue weighted by atomic mass is 10.2. The number of nitrogens with two attached hydrogens (primary N) is 1. The second kappa shape index (κ2) is 5.55. The Balaban J connectivity index is 2.10. The number of anilines is 1. The zero-order chi connectivity index (χ0) is 14.8. The number of hydrogen-bond acceptors (Lipinski definition) is 5. The molecule has 21 heavy (non-hydrogen) atoms. The fraction of sp³-hybridized carbons (Fsp3) is 0.0667. The monoisotopic (exact) mass is 300 g/mol. The maximum Gasteiger partial charge on any atom is 0.241 e. The molecule has 6 heteroatoms. The molecule has 0 radical (unpaired) electrons. The third-order valence-electron chi connectivity index (χ3n) is 2.99. The third kappa shape index (κ3) is 2.74. The van der Waals surface area contributed by atoms with Crippen LogP contribution >= 0.6 is 11.6 Å². The van der Waals surface area contributed by atoms with Gasteiger partial charge in [0, 0.05) is 0 Å². The van der Waals surface area contributed by atoms with Crippen molar-refractivity contribution >= 4 is 28.5 Å². The van der Waals surface area contributed by atoms with Crippen molar-refractivity contribution in [2.75, 3.05) is 5.43 Å². The molecule has 0 fully saturated rings. The minimum atomic E-state index is 0.284. The average molecular weight is 301 g/mol. The van der Waals surface area contributed by atoms with Crippen LogP contribution in [0.1, 0.15) is 5.56 Å². The largest absolute Gasteiger partial charge is 0.437 e. The number of nitrogens with one attached hydrogen (secondary N) is 1. The van der Waals surface area contributed by atoms with Gasteiger partial charge in [0.25, 0.3) is 0 Å². The average Bonchev–Trinajstić information content (AvgIpc) is 2.49. The molecule has 0 aliphatic heterocycles. The fourth-order valence-corrected chi connectivity index (χ4v) is 2.26. The summed E-state index contributed by atoms with van der Waals surface area (Å²) in [5, 5.41) is 1.31. The summed E-state index contributed by atoms with van der Waals surface area (Å²) >= 11 is 6.20. The van der Waals surface area contributed by atoms with E-state index < -0.39 is 0 Å². The van der Waals surface area contributed by atoms with Crippen molar-refractivity contribution < 1.29 is 4.74 Å². The standard InChI is InChI=1S/C15H13ClN4O/c1-9-6-7-13(11(16)8-9)21-14-10-4-2-3-5-12(10)18-15(19-14)20-17/h2-8H,17H2,1H3,(H,18,19,20). The van der Waals surface area contributed by atoms with Crippen LogP contribution in [0.15, 0.2) is 42.5 Å². The number of benzene rings is 2. The Morgan fingerprint density at radius 2 is 1.95 bits per heavy atom. The number of para-hydroxylation sites is 1. The van der Waals surface area contributed by atoms with E-state index in [-0.39, 0.29) is 5.95 Å². The Labute approximate surface area is 126 Å². The van der Waals surface area contributed by atoms with Crippen LogP contribution in [0.2, 0.25) is 5.02 Å². The van der Waals surface area contributed by atoms with E-state index in [4.69, 9.17) is 22.2 Å². The molecule has 0 amide bonds. The predicted octanol–water partition coefficient (Wildman–Crippen LogP) is 3.67. The van der Waals surface area contributed by atoms with Crippen molar-refractivity contribution in [2.45, 2.75) is 6.92 Å². The summed E-state index contributed by atoms with van der Waals surface area (Å²) in [7, 11) is 0. The highest BCUT2D eigenvalue weighted by molar-refractivity contribution is 6.32. The molecule has 0 aliphatic rings. The molecule has 0 unspecified atom stereocenters. The third-order valence-corrected chi connectivity index (χ3v) is 3.29. The van der Waals surface area contributed by atoms with Gasteiger partial charge in [-0.05, 0) is 36.8 Å². The molecule has 0 saturated carbocycles. The van der Waals surface area contributed by atoms with Gasteiger partial charge >= 0.3 is 0 Å². The van der Waals surface area contributed by atoms with Crippen LogP contribution < -0.4 is 16.0 Å². The first-order chi connectivity index (χ1) is 10.2. The number of fused-ring (bicyclic) bond motifs is 1. The van der Waals surface area contributed by atoms with Gasteiger partial charge in [0.2, 0.25) is 11.8 Å². The van der Waals surface area contributed by atoms with E-state index in [1.807, 2.05) is 49.4 Å². The van der Waals surface area contributed by atoms with E-state index in [1.54, 1.807) is 0 Å².